The monoisotopic (exact) mass is 262 g/mol. The zero-order valence-electron chi connectivity index (χ0n) is 10.9. The number of anilines is 1. The van der Waals surface area contributed by atoms with Crippen molar-refractivity contribution in [2.75, 3.05) is 31.1 Å². The molecule has 2 atom stereocenters. The molecule has 3 heterocycles. The first-order valence-corrected chi connectivity index (χ1v) is 6.58. The molecule has 19 heavy (non-hydrogen) atoms. The van der Waals surface area contributed by atoms with E-state index < -0.39 is 6.10 Å². The zero-order chi connectivity index (χ0) is 13.4. The SMILES string of the molecule is C[C@@H](O)c1ccc(N2CCN3C(=O)NCC3C2)cn1. The molecule has 1 aromatic rings. The van der Waals surface area contributed by atoms with E-state index >= 15 is 0 Å². The molecule has 2 N–H and O–H groups in total. The number of amides is 2. The molecular weight excluding hydrogens is 244 g/mol. The van der Waals surface area contributed by atoms with E-state index in [1.165, 1.54) is 0 Å². The highest BCUT2D eigenvalue weighted by Gasteiger charge is 2.35. The fraction of sp³-hybridized carbons (Fsp3) is 0.538. The Morgan fingerprint density at radius 3 is 3.00 bits per heavy atom. The predicted octanol–water partition coefficient (Wildman–Crippen LogP) is 0.349. The number of hydrogen-bond donors (Lipinski definition) is 2. The van der Waals surface area contributed by atoms with Crippen molar-refractivity contribution in [1.82, 2.24) is 15.2 Å². The molecule has 6 nitrogen and oxygen atoms in total. The van der Waals surface area contributed by atoms with Crippen LogP contribution in [-0.4, -0.2) is 53.2 Å². The van der Waals surface area contributed by atoms with Crippen LogP contribution in [0.15, 0.2) is 18.3 Å². The molecule has 1 aromatic heterocycles. The van der Waals surface area contributed by atoms with Gasteiger partial charge in [-0.1, -0.05) is 0 Å². The van der Waals surface area contributed by atoms with Gasteiger partial charge in [0.2, 0.25) is 0 Å². The minimum atomic E-state index is -0.539. The number of carbonyl (C=O) groups excluding carboxylic acids is 1. The summed E-state index contributed by atoms with van der Waals surface area (Å²) >= 11 is 0. The van der Waals surface area contributed by atoms with Gasteiger partial charge in [-0.15, -0.1) is 0 Å². The van der Waals surface area contributed by atoms with Crippen molar-refractivity contribution in [1.29, 1.82) is 0 Å². The summed E-state index contributed by atoms with van der Waals surface area (Å²) in [5.41, 5.74) is 1.73. The van der Waals surface area contributed by atoms with E-state index in [2.05, 4.69) is 15.2 Å². The molecule has 102 valence electrons. The third-order valence-electron chi connectivity index (χ3n) is 3.80. The molecule has 2 fully saturated rings. The maximum absolute atomic E-state index is 11.5. The third kappa shape index (κ3) is 2.23. The molecule has 3 rings (SSSR count). The number of aliphatic hydroxyl groups is 1. The summed E-state index contributed by atoms with van der Waals surface area (Å²) in [6, 6.07) is 4.13. The quantitative estimate of drug-likeness (QED) is 0.807. The lowest BCUT2D eigenvalue weighted by Gasteiger charge is -2.37. The molecule has 2 saturated heterocycles. The van der Waals surface area contributed by atoms with Crippen molar-refractivity contribution in [3.8, 4) is 0 Å². The summed E-state index contributed by atoms with van der Waals surface area (Å²) in [5.74, 6) is 0. The molecule has 0 bridgehead atoms. The summed E-state index contributed by atoms with van der Waals surface area (Å²) in [5, 5.41) is 12.3. The molecule has 0 saturated carbocycles. The molecular formula is C13H18N4O2. The number of rotatable bonds is 2. The Hall–Kier alpha value is -1.82. The number of fused-ring (bicyclic) bond motifs is 1. The number of nitrogens with one attached hydrogen (secondary N) is 1. The fourth-order valence-electron chi connectivity index (χ4n) is 2.67. The highest BCUT2D eigenvalue weighted by Crippen LogP contribution is 2.21. The van der Waals surface area contributed by atoms with Gasteiger partial charge < -0.3 is 20.2 Å². The average molecular weight is 262 g/mol. The van der Waals surface area contributed by atoms with Crippen LogP contribution in [-0.2, 0) is 0 Å². The normalized spacial score (nSPS) is 24.1. The van der Waals surface area contributed by atoms with Crippen molar-refractivity contribution in [3.63, 3.8) is 0 Å². The Balaban J connectivity index is 1.71. The van der Waals surface area contributed by atoms with Gasteiger partial charge in [-0.25, -0.2) is 4.79 Å². The Labute approximate surface area is 112 Å². The minimum absolute atomic E-state index is 0.0484. The number of urea groups is 1. The summed E-state index contributed by atoms with van der Waals surface area (Å²) in [4.78, 5) is 19.9. The Morgan fingerprint density at radius 1 is 1.47 bits per heavy atom. The Morgan fingerprint density at radius 2 is 2.32 bits per heavy atom. The van der Waals surface area contributed by atoms with Crippen molar-refractivity contribution in [3.05, 3.63) is 24.0 Å². The number of aromatic nitrogens is 1. The molecule has 1 unspecified atom stereocenters. The maximum Gasteiger partial charge on any atom is 0.317 e. The van der Waals surface area contributed by atoms with Crippen LogP contribution in [0, 0.1) is 0 Å². The van der Waals surface area contributed by atoms with E-state index in [9.17, 15) is 9.90 Å². The fourth-order valence-corrected chi connectivity index (χ4v) is 2.67. The highest BCUT2D eigenvalue weighted by atomic mass is 16.3. The number of nitrogens with zero attached hydrogens (tertiary/aromatic N) is 3. The van der Waals surface area contributed by atoms with Gasteiger partial charge >= 0.3 is 6.03 Å². The summed E-state index contributed by atoms with van der Waals surface area (Å²) < 4.78 is 0. The lowest BCUT2D eigenvalue weighted by Crippen LogP contribution is -2.52. The first-order chi connectivity index (χ1) is 9.15. The number of aliphatic hydroxyl groups excluding tert-OH is 1. The predicted molar refractivity (Wildman–Crippen MR) is 71.0 cm³/mol. The molecule has 0 spiro atoms. The van der Waals surface area contributed by atoms with Crippen LogP contribution in [0.1, 0.15) is 18.7 Å². The van der Waals surface area contributed by atoms with Crippen molar-refractivity contribution in [2.24, 2.45) is 0 Å². The van der Waals surface area contributed by atoms with Crippen LogP contribution < -0.4 is 10.2 Å². The number of hydrogen-bond acceptors (Lipinski definition) is 4. The van der Waals surface area contributed by atoms with Gasteiger partial charge in [-0.2, -0.15) is 0 Å². The second-order valence-corrected chi connectivity index (χ2v) is 5.10. The largest absolute Gasteiger partial charge is 0.387 e. The first kappa shape index (κ1) is 12.2. The van der Waals surface area contributed by atoms with Gasteiger partial charge in [0.05, 0.1) is 29.7 Å². The van der Waals surface area contributed by atoms with Gasteiger partial charge in [0.25, 0.3) is 0 Å². The molecule has 2 amide bonds. The molecule has 2 aliphatic heterocycles. The topological polar surface area (TPSA) is 68.7 Å². The lowest BCUT2D eigenvalue weighted by molar-refractivity contribution is 0.194. The summed E-state index contributed by atoms with van der Waals surface area (Å²) in [6.07, 6.45) is 1.25. The first-order valence-electron chi connectivity index (χ1n) is 6.58. The van der Waals surface area contributed by atoms with Crippen molar-refractivity contribution in [2.45, 2.75) is 19.1 Å². The summed E-state index contributed by atoms with van der Waals surface area (Å²) in [6.45, 7) is 4.81. The second-order valence-electron chi connectivity index (χ2n) is 5.10. The molecule has 0 radical (unpaired) electrons. The van der Waals surface area contributed by atoms with E-state index in [4.69, 9.17) is 0 Å². The number of carbonyl (C=O) groups is 1. The summed E-state index contributed by atoms with van der Waals surface area (Å²) in [7, 11) is 0. The van der Waals surface area contributed by atoms with Crippen LogP contribution in [0.3, 0.4) is 0 Å². The standard InChI is InChI=1S/C13H18N4O2/c1-9(18)12-3-2-10(6-14-12)16-4-5-17-11(8-16)7-15-13(17)19/h2-3,6,9,11,18H,4-5,7-8H2,1H3,(H,15,19)/t9-,11?/m1/s1. The minimum Gasteiger partial charge on any atom is -0.387 e. The third-order valence-corrected chi connectivity index (χ3v) is 3.80. The molecule has 6 heteroatoms. The Kier molecular flexibility index (Phi) is 3.02. The van der Waals surface area contributed by atoms with Gasteiger partial charge in [0, 0.05) is 26.2 Å². The molecule has 2 aliphatic rings. The van der Waals surface area contributed by atoms with E-state index in [-0.39, 0.29) is 12.1 Å². The molecule has 0 aromatic carbocycles. The zero-order valence-corrected chi connectivity index (χ0v) is 10.9. The van der Waals surface area contributed by atoms with Gasteiger partial charge in [0.15, 0.2) is 0 Å². The van der Waals surface area contributed by atoms with Crippen LogP contribution in [0.25, 0.3) is 0 Å². The average Bonchev–Trinajstić information content (AvgIpc) is 2.80. The second kappa shape index (κ2) is 4.70. The highest BCUT2D eigenvalue weighted by molar-refractivity contribution is 5.77. The number of piperazine rings is 1. The maximum atomic E-state index is 11.5. The lowest BCUT2D eigenvalue weighted by atomic mass is 10.1. The van der Waals surface area contributed by atoms with Gasteiger partial charge in [-0.3, -0.25) is 4.98 Å². The van der Waals surface area contributed by atoms with Crippen LogP contribution in [0.4, 0.5) is 10.5 Å². The van der Waals surface area contributed by atoms with Gasteiger partial charge in [0.1, 0.15) is 0 Å². The van der Waals surface area contributed by atoms with Crippen molar-refractivity contribution < 1.29 is 9.90 Å². The van der Waals surface area contributed by atoms with Gasteiger partial charge in [-0.05, 0) is 19.1 Å². The van der Waals surface area contributed by atoms with E-state index in [0.717, 1.165) is 25.3 Å². The van der Waals surface area contributed by atoms with Crippen molar-refractivity contribution >= 4 is 11.7 Å². The smallest absolute Gasteiger partial charge is 0.317 e. The van der Waals surface area contributed by atoms with Crippen LogP contribution in [0.2, 0.25) is 0 Å². The van der Waals surface area contributed by atoms with E-state index in [1.54, 1.807) is 13.1 Å². The van der Waals surface area contributed by atoms with Crippen LogP contribution >= 0.6 is 0 Å². The van der Waals surface area contributed by atoms with E-state index in [0.29, 0.717) is 12.2 Å². The van der Waals surface area contributed by atoms with E-state index in [1.807, 2.05) is 17.0 Å². The number of pyridine rings is 1. The molecule has 0 aliphatic carbocycles. The van der Waals surface area contributed by atoms with Crippen LogP contribution in [0.5, 0.6) is 0 Å². The Bertz CT molecular complexity index is 474.